The van der Waals surface area contributed by atoms with E-state index in [0.29, 0.717) is 13.1 Å². The zero-order chi connectivity index (χ0) is 24.9. The molecule has 3 heterocycles. The first-order valence-electron chi connectivity index (χ1n) is 11.4. The van der Waals surface area contributed by atoms with Crippen molar-refractivity contribution in [2.75, 3.05) is 23.8 Å². The van der Waals surface area contributed by atoms with Crippen molar-refractivity contribution in [3.05, 3.63) is 60.6 Å². The van der Waals surface area contributed by atoms with E-state index in [-0.39, 0.29) is 24.5 Å². The Morgan fingerprint density at radius 1 is 1.26 bits per heavy atom. The highest BCUT2D eigenvalue weighted by Gasteiger charge is 2.32. The Balaban J connectivity index is 1.59. The second-order valence-corrected chi connectivity index (χ2v) is 8.55. The van der Waals surface area contributed by atoms with Crippen LogP contribution in [0.1, 0.15) is 31.9 Å². The Hall–Kier alpha value is -4.21. The molecule has 10 heteroatoms. The number of carbonyl (C=O) groups excluding carboxylic acids is 3. The Morgan fingerprint density at radius 3 is 2.80 bits per heavy atom. The minimum Gasteiger partial charge on any atom is -0.379 e. The second-order valence-electron chi connectivity index (χ2n) is 8.55. The number of rotatable bonds is 7. The highest BCUT2D eigenvalue weighted by Crippen LogP contribution is 2.40. The molecule has 0 spiro atoms. The summed E-state index contributed by atoms with van der Waals surface area (Å²) < 4.78 is 6.07. The number of carbonyl (C=O) groups is 3. The number of nitrogens with zero attached hydrogens (tertiary/aromatic N) is 5. The third-order valence-electron chi connectivity index (χ3n) is 6.10. The number of aromatic nitrogens is 3. The van der Waals surface area contributed by atoms with Gasteiger partial charge in [-0.3, -0.25) is 14.3 Å². The van der Waals surface area contributed by atoms with Gasteiger partial charge in [0.1, 0.15) is 5.82 Å². The molecule has 0 saturated carbocycles. The monoisotopic (exact) mass is 476 g/mol. The molecular formula is C25H28N6O4. The summed E-state index contributed by atoms with van der Waals surface area (Å²) in [5.41, 5.74) is 3.78. The molecule has 1 aliphatic heterocycles. The van der Waals surface area contributed by atoms with E-state index in [0.717, 1.165) is 34.6 Å². The molecule has 2 atom stereocenters. The Kier molecular flexibility index (Phi) is 7.09. The van der Waals surface area contributed by atoms with E-state index in [9.17, 15) is 14.4 Å². The Bertz CT molecular complexity index is 1210. The summed E-state index contributed by atoms with van der Waals surface area (Å²) in [6.07, 6.45) is 5.45. The van der Waals surface area contributed by atoms with Gasteiger partial charge in [-0.15, -0.1) is 0 Å². The number of amides is 2. The number of ether oxygens (including phenoxy) is 1. The second kappa shape index (κ2) is 10.4. The van der Waals surface area contributed by atoms with Crippen molar-refractivity contribution in [3.8, 4) is 11.1 Å². The summed E-state index contributed by atoms with van der Waals surface area (Å²) in [6, 6.07) is 11.8. The molecule has 0 bridgehead atoms. The van der Waals surface area contributed by atoms with Crippen LogP contribution in [0.2, 0.25) is 0 Å². The van der Waals surface area contributed by atoms with Gasteiger partial charge in [-0.25, -0.2) is 9.78 Å². The lowest BCUT2D eigenvalue weighted by molar-refractivity contribution is -0.124. The first-order valence-corrected chi connectivity index (χ1v) is 11.4. The summed E-state index contributed by atoms with van der Waals surface area (Å²) in [4.78, 5) is 41.9. The lowest BCUT2D eigenvalue weighted by atomic mass is 9.89. The molecule has 35 heavy (non-hydrogen) atoms. The lowest BCUT2D eigenvalue weighted by Crippen LogP contribution is -2.43. The number of likely N-dealkylation sites (N-methyl/N-ethyl adjacent to an activating group) is 1. The SMILES string of the molecule is CC(=O)N1c2ccc(-c3cnn(CCN(C)C(=O)OC=O)c3)cc2[C@H](Nc2ccccn2)C[C@@H]1C. The first-order chi connectivity index (χ1) is 16.9. The number of pyridine rings is 1. The lowest BCUT2D eigenvalue weighted by Gasteiger charge is -2.39. The molecule has 2 aromatic heterocycles. The van der Waals surface area contributed by atoms with Crippen molar-refractivity contribution in [3.63, 3.8) is 0 Å². The van der Waals surface area contributed by atoms with Crippen molar-refractivity contribution < 1.29 is 19.1 Å². The average Bonchev–Trinajstić information content (AvgIpc) is 3.32. The Labute approximate surface area is 203 Å². The van der Waals surface area contributed by atoms with Crippen LogP contribution in [0.3, 0.4) is 0 Å². The van der Waals surface area contributed by atoms with Gasteiger partial charge >= 0.3 is 12.6 Å². The van der Waals surface area contributed by atoms with Crippen LogP contribution in [0.15, 0.2) is 55.0 Å². The predicted molar refractivity (Wildman–Crippen MR) is 131 cm³/mol. The van der Waals surface area contributed by atoms with Crippen LogP contribution >= 0.6 is 0 Å². The molecule has 10 nitrogen and oxygen atoms in total. The summed E-state index contributed by atoms with van der Waals surface area (Å²) in [5, 5.41) is 7.92. The van der Waals surface area contributed by atoms with Crippen molar-refractivity contribution >= 4 is 30.0 Å². The fourth-order valence-electron chi connectivity index (χ4n) is 4.40. The molecule has 3 aromatic rings. The van der Waals surface area contributed by atoms with Crippen molar-refractivity contribution in [1.29, 1.82) is 0 Å². The number of anilines is 2. The van der Waals surface area contributed by atoms with Crippen LogP contribution in [0.25, 0.3) is 11.1 Å². The first kappa shape index (κ1) is 23.9. The molecule has 0 aliphatic carbocycles. The maximum absolute atomic E-state index is 12.4. The molecular weight excluding hydrogens is 448 g/mol. The quantitative estimate of drug-likeness (QED) is 0.411. The normalized spacial score (nSPS) is 16.8. The molecule has 0 saturated heterocycles. The molecule has 2 amide bonds. The number of hydrogen-bond acceptors (Lipinski definition) is 7. The van der Waals surface area contributed by atoms with Crippen LogP contribution < -0.4 is 10.2 Å². The fraction of sp³-hybridized carbons (Fsp3) is 0.320. The van der Waals surface area contributed by atoms with Gasteiger partial charge in [0.2, 0.25) is 5.91 Å². The van der Waals surface area contributed by atoms with Crippen molar-refractivity contribution in [2.45, 2.75) is 38.9 Å². The fourth-order valence-corrected chi connectivity index (χ4v) is 4.40. The number of benzene rings is 1. The van der Waals surface area contributed by atoms with Gasteiger partial charge in [0, 0.05) is 50.2 Å². The predicted octanol–water partition coefficient (Wildman–Crippen LogP) is 3.47. The van der Waals surface area contributed by atoms with Crippen LogP contribution in [0, 0.1) is 0 Å². The van der Waals surface area contributed by atoms with E-state index in [1.54, 1.807) is 31.0 Å². The van der Waals surface area contributed by atoms with Crippen LogP contribution in [0.4, 0.5) is 16.3 Å². The van der Waals surface area contributed by atoms with Gasteiger partial charge in [-0.05, 0) is 48.7 Å². The van der Waals surface area contributed by atoms with E-state index in [2.05, 4.69) is 33.1 Å². The highest BCUT2D eigenvalue weighted by molar-refractivity contribution is 5.94. The Morgan fingerprint density at radius 2 is 2.09 bits per heavy atom. The zero-order valence-electron chi connectivity index (χ0n) is 19.9. The van der Waals surface area contributed by atoms with Crippen molar-refractivity contribution in [2.24, 2.45) is 0 Å². The summed E-state index contributed by atoms with van der Waals surface area (Å²) in [5.74, 6) is 0.787. The summed E-state index contributed by atoms with van der Waals surface area (Å²) in [6.45, 7) is 4.53. The van der Waals surface area contributed by atoms with Gasteiger partial charge in [-0.2, -0.15) is 5.10 Å². The van der Waals surface area contributed by atoms with Gasteiger partial charge in [0.05, 0.1) is 18.8 Å². The topological polar surface area (TPSA) is 110 Å². The maximum atomic E-state index is 12.4. The average molecular weight is 477 g/mol. The molecule has 0 unspecified atom stereocenters. The molecule has 182 valence electrons. The van der Waals surface area contributed by atoms with E-state index in [1.165, 1.54) is 4.90 Å². The minimum atomic E-state index is -0.710. The van der Waals surface area contributed by atoms with Gasteiger partial charge in [0.25, 0.3) is 0 Å². The molecule has 1 aliphatic rings. The minimum absolute atomic E-state index is 0.00725. The molecule has 0 fully saturated rings. The van der Waals surface area contributed by atoms with Crippen molar-refractivity contribution in [1.82, 2.24) is 19.7 Å². The van der Waals surface area contributed by atoms with Gasteiger partial charge in [-0.1, -0.05) is 12.1 Å². The standard InChI is InChI=1S/C25H28N6O4/c1-17-12-22(28-24-6-4-5-9-26-24)21-13-19(7-8-23(21)31(17)18(2)33)20-14-27-30(15-20)11-10-29(3)25(34)35-16-32/h4-9,13-17,22H,10-12H2,1-3H3,(H,26,28)/t17-,22+/m0/s1. The largest absolute Gasteiger partial charge is 0.417 e. The number of fused-ring (bicyclic) bond motifs is 1. The zero-order valence-corrected chi connectivity index (χ0v) is 19.9. The maximum Gasteiger partial charge on any atom is 0.417 e. The highest BCUT2D eigenvalue weighted by atomic mass is 16.6. The van der Waals surface area contributed by atoms with Crippen LogP contribution in [0.5, 0.6) is 0 Å². The molecule has 0 radical (unpaired) electrons. The third-order valence-corrected chi connectivity index (χ3v) is 6.10. The summed E-state index contributed by atoms with van der Waals surface area (Å²) in [7, 11) is 1.55. The summed E-state index contributed by atoms with van der Waals surface area (Å²) >= 11 is 0. The van der Waals surface area contributed by atoms with E-state index < -0.39 is 6.09 Å². The molecule has 4 rings (SSSR count). The van der Waals surface area contributed by atoms with E-state index >= 15 is 0 Å². The molecule has 1 N–H and O–H groups in total. The molecule has 1 aromatic carbocycles. The van der Waals surface area contributed by atoms with Gasteiger partial charge < -0.3 is 19.9 Å². The smallest absolute Gasteiger partial charge is 0.379 e. The number of nitrogens with one attached hydrogen (secondary N) is 1. The van der Waals surface area contributed by atoms with E-state index in [4.69, 9.17) is 0 Å². The van der Waals surface area contributed by atoms with Crippen LogP contribution in [-0.2, 0) is 20.9 Å². The van der Waals surface area contributed by atoms with Gasteiger partial charge in [0.15, 0.2) is 0 Å². The van der Waals surface area contributed by atoms with Crippen LogP contribution in [-0.4, -0.2) is 57.8 Å². The number of hydrogen-bond donors (Lipinski definition) is 1. The van der Waals surface area contributed by atoms with E-state index in [1.807, 2.05) is 41.4 Å². The third kappa shape index (κ3) is 5.32.